The average molecular weight is 357 g/mol. The second-order valence-electron chi connectivity index (χ2n) is 7.66. The minimum atomic E-state index is 0.00872. The molecule has 0 atom stereocenters. The Kier molecular flexibility index (Phi) is 3.94. The summed E-state index contributed by atoms with van der Waals surface area (Å²) in [5.41, 5.74) is 1.89. The quantitative estimate of drug-likeness (QED) is 0.702. The number of hydrogen-bond donors (Lipinski definition) is 0. The van der Waals surface area contributed by atoms with Crippen molar-refractivity contribution in [1.82, 2.24) is 30.0 Å². The number of anilines is 1. The predicted molar refractivity (Wildman–Crippen MR) is 98.3 cm³/mol. The molecule has 8 heteroatoms. The number of rotatable bonds is 2. The first-order valence-corrected chi connectivity index (χ1v) is 9.51. The molecule has 0 bridgehead atoms. The van der Waals surface area contributed by atoms with Gasteiger partial charge in [0.05, 0.1) is 5.69 Å². The van der Waals surface area contributed by atoms with Crippen molar-refractivity contribution in [3.05, 3.63) is 28.7 Å². The summed E-state index contributed by atoms with van der Waals surface area (Å²) in [6, 6.07) is 4.07. The summed E-state index contributed by atoms with van der Waals surface area (Å²) in [6.07, 6.45) is 2.06. The van der Waals surface area contributed by atoms with Crippen LogP contribution in [0.1, 0.15) is 56.1 Å². The smallest absolute Gasteiger partial charge is 0.208 e. The predicted octanol–water partition coefficient (Wildman–Crippen LogP) is 2.97. The van der Waals surface area contributed by atoms with E-state index in [0.717, 1.165) is 53.2 Å². The third-order valence-corrected chi connectivity index (χ3v) is 5.60. The molecular formula is C17H23N7S. The molecule has 1 aliphatic heterocycles. The summed E-state index contributed by atoms with van der Waals surface area (Å²) in [5, 5.41) is 24.0. The van der Waals surface area contributed by atoms with Crippen LogP contribution >= 0.6 is 11.3 Å². The Morgan fingerprint density at radius 1 is 1.04 bits per heavy atom. The van der Waals surface area contributed by atoms with Crippen molar-refractivity contribution in [2.45, 2.75) is 51.9 Å². The SMILES string of the molecule is Cc1nnc(N2CCC(c3nnc4ccc(C(C)(C)C)nn34)CC2)s1. The van der Waals surface area contributed by atoms with E-state index in [9.17, 15) is 0 Å². The molecule has 1 saturated heterocycles. The van der Waals surface area contributed by atoms with Gasteiger partial charge in [-0.15, -0.1) is 20.4 Å². The fraction of sp³-hybridized carbons (Fsp3) is 0.588. The van der Waals surface area contributed by atoms with E-state index < -0.39 is 0 Å². The lowest BCUT2D eigenvalue weighted by Gasteiger charge is -2.30. The third kappa shape index (κ3) is 3.10. The Hall–Kier alpha value is -2.09. The zero-order valence-corrected chi connectivity index (χ0v) is 15.9. The lowest BCUT2D eigenvalue weighted by Crippen LogP contribution is -2.33. The molecule has 25 heavy (non-hydrogen) atoms. The van der Waals surface area contributed by atoms with Gasteiger partial charge >= 0.3 is 0 Å². The van der Waals surface area contributed by atoms with Crippen LogP contribution in [0.25, 0.3) is 5.65 Å². The van der Waals surface area contributed by atoms with Crippen molar-refractivity contribution in [3.63, 3.8) is 0 Å². The van der Waals surface area contributed by atoms with Gasteiger partial charge in [0.1, 0.15) is 5.01 Å². The molecule has 4 rings (SSSR count). The van der Waals surface area contributed by atoms with Crippen LogP contribution in [0, 0.1) is 6.92 Å². The van der Waals surface area contributed by atoms with Crippen LogP contribution in [0.2, 0.25) is 0 Å². The number of aryl methyl sites for hydroxylation is 1. The molecule has 4 heterocycles. The maximum Gasteiger partial charge on any atom is 0.208 e. The van der Waals surface area contributed by atoms with Gasteiger partial charge in [0.25, 0.3) is 0 Å². The largest absolute Gasteiger partial charge is 0.347 e. The molecule has 1 fully saturated rings. The molecule has 0 aromatic carbocycles. The van der Waals surface area contributed by atoms with Gasteiger partial charge in [-0.2, -0.15) is 9.61 Å². The highest BCUT2D eigenvalue weighted by Crippen LogP contribution is 2.31. The molecule has 0 aliphatic carbocycles. The van der Waals surface area contributed by atoms with Gasteiger partial charge in [-0.05, 0) is 31.9 Å². The van der Waals surface area contributed by atoms with Gasteiger partial charge in [-0.25, -0.2) is 0 Å². The highest BCUT2D eigenvalue weighted by Gasteiger charge is 2.27. The summed E-state index contributed by atoms with van der Waals surface area (Å²) in [5.74, 6) is 1.36. The first kappa shape index (κ1) is 16.4. The van der Waals surface area contributed by atoms with Crippen LogP contribution in [0.5, 0.6) is 0 Å². The number of nitrogens with zero attached hydrogens (tertiary/aromatic N) is 7. The molecule has 0 N–H and O–H groups in total. The number of piperidine rings is 1. The van der Waals surface area contributed by atoms with E-state index in [-0.39, 0.29) is 5.41 Å². The summed E-state index contributed by atoms with van der Waals surface area (Å²) < 4.78 is 1.94. The monoisotopic (exact) mass is 357 g/mol. The van der Waals surface area contributed by atoms with Crippen LogP contribution in [0.3, 0.4) is 0 Å². The zero-order chi connectivity index (χ0) is 17.6. The minimum Gasteiger partial charge on any atom is -0.347 e. The minimum absolute atomic E-state index is 0.00872. The summed E-state index contributed by atoms with van der Waals surface area (Å²) >= 11 is 1.66. The average Bonchev–Trinajstić information content (AvgIpc) is 3.20. The van der Waals surface area contributed by atoms with Crippen molar-refractivity contribution in [1.29, 1.82) is 0 Å². The lowest BCUT2D eigenvalue weighted by atomic mass is 9.92. The maximum atomic E-state index is 4.82. The molecule has 7 nitrogen and oxygen atoms in total. The van der Waals surface area contributed by atoms with Crippen molar-refractivity contribution in [3.8, 4) is 0 Å². The van der Waals surface area contributed by atoms with E-state index in [1.54, 1.807) is 11.3 Å². The van der Waals surface area contributed by atoms with E-state index in [1.807, 2.05) is 23.6 Å². The van der Waals surface area contributed by atoms with Crippen molar-refractivity contribution < 1.29 is 0 Å². The van der Waals surface area contributed by atoms with Crippen LogP contribution in [0.4, 0.5) is 5.13 Å². The summed E-state index contributed by atoms with van der Waals surface area (Å²) in [7, 11) is 0. The van der Waals surface area contributed by atoms with Gasteiger partial charge in [0.15, 0.2) is 11.5 Å². The number of fused-ring (bicyclic) bond motifs is 1. The van der Waals surface area contributed by atoms with Gasteiger partial charge in [-0.3, -0.25) is 0 Å². The molecule has 0 unspecified atom stereocenters. The molecule has 0 saturated carbocycles. The first-order valence-electron chi connectivity index (χ1n) is 8.70. The lowest BCUT2D eigenvalue weighted by molar-refractivity contribution is 0.471. The topological polar surface area (TPSA) is 72.1 Å². The highest BCUT2D eigenvalue weighted by atomic mass is 32.1. The number of aromatic nitrogens is 6. The fourth-order valence-electron chi connectivity index (χ4n) is 3.20. The Morgan fingerprint density at radius 3 is 2.44 bits per heavy atom. The summed E-state index contributed by atoms with van der Waals surface area (Å²) in [4.78, 5) is 2.32. The van der Waals surface area contributed by atoms with E-state index in [4.69, 9.17) is 5.10 Å². The Bertz CT molecular complexity index is 884. The maximum absolute atomic E-state index is 4.82. The second-order valence-corrected chi connectivity index (χ2v) is 8.82. The van der Waals surface area contributed by atoms with Crippen LogP contribution < -0.4 is 4.90 Å². The molecular weight excluding hydrogens is 334 g/mol. The van der Waals surface area contributed by atoms with Crippen molar-refractivity contribution in [2.75, 3.05) is 18.0 Å². The molecule has 3 aromatic heterocycles. The van der Waals surface area contributed by atoms with Crippen LogP contribution in [-0.2, 0) is 5.41 Å². The van der Waals surface area contributed by atoms with Crippen LogP contribution in [0.15, 0.2) is 12.1 Å². The van der Waals surface area contributed by atoms with Crippen molar-refractivity contribution >= 4 is 22.1 Å². The standard InChI is InChI=1S/C17H23N7S/c1-11-18-21-16(25-11)23-9-7-12(8-10-23)15-20-19-14-6-5-13(17(2,3)4)22-24(14)15/h5-6,12H,7-10H2,1-4H3. The molecule has 3 aromatic rings. The molecule has 0 radical (unpaired) electrons. The van der Waals surface area contributed by atoms with Gasteiger partial charge in [-0.1, -0.05) is 32.1 Å². The van der Waals surface area contributed by atoms with E-state index >= 15 is 0 Å². The van der Waals surface area contributed by atoms with Gasteiger partial charge in [0.2, 0.25) is 5.13 Å². The van der Waals surface area contributed by atoms with E-state index in [0.29, 0.717) is 5.92 Å². The molecule has 132 valence electrons. The Balaban J connectivity index is 1.56. The third-order valence-electron chi connectivity index (χ3n) is 4.70. The fourth-order valence-corrected chi connectivity index (χ4v) is 3.94. The summed E-state index contributed by atoms with van der Waals surface area (Å²) in [6.45, 7) is 10.4. The van der Waals surface area contributed by atoms with E-state index in [2.05, 4.69) is 46.1 Å². The van der Waals surface area contributed by atoms with Crippen LogP contribution in [-0.4, -0.2) is 43.1 Å². The number of hydrogen-bond acceptors (Lipinski definition) is 7. The normalized spacial score (nSPS) is 16.7. The van der Waals surface area contributed by atoms with E-state index in [1.165, 1.54) is 0 Å². The molecule has 1 aliphatic rings. The zero-order valence-electron chi connectivity index (χ0n) is 15.1. The van der Waals surface area contributed by atoms with Gasteiger partial charge in [0, 0.05) is 24.4 Å². The molecule has 0 amide bonds. The first-order chi connectivity index (χ1) is 11.9. The van der Waals surface area contributed by atoms with Crippen molar-refractivity contribution in [2.24, 2.45) is 0 Å². The second kappa shape index (κ2) is 6.01. The van der Waals surface area contributed by atoms with Gasteiger partial charge < -0.3 is 4.90 Å². The molecule has 0 spiro atoms. The Morgan fingerprint density at radius 2 is 1.80 bits per heavy atom. The Labute approximate surface area is 151 Å². The highest BCUT2D eigenvalue weighted by molar-refractivity contribution is 7.15.